The van der Waals surface area contributed by atoms with Crippen molar-refractivity contribution in [3.05, 3.63) is 76.3 Å². The van der Waals surface area contributed by atoms with E-state index in [4.69, 9.17) is 11.6 Å². The second-order valence-electron chi connectivity index (χ2n) is 6.89. The van der Waals surface area contributed by atoms with Crippen molar-refractivity contribution in [2.75, 3.05) is 4.90 Å². The summed E-state index contributed by atoms with van der Waals surface area (Å²) in [5, 5.41) is 11.0. The molecule has 1 unspecified atom stereocenters. The number of carbonyl (C=O) groups is 2. The maximum Gasteiger partial charge on any atom is 0.294 e. The third kappa shape index (κ3) is 3.74. The first-order valence-corrected chi connectivity index (χ1v) is 8.98. The Morgan fingerprint density at radius 2 is 1.89 bits per heavy atom. The summed E-state index contributed by atoms with van der Waals surface area (Å²) in [6.07, 6.45) is 0.188. The summed E-state index contributed by atoms with van der Waals surface area (Å²) in [6.45, 7) is 3.77. The Morgan fingerprint density at radius 3 is 2.48 bits per heavy atom. The molecule has 4 nitrogen and oxygen atoms in total. The van der Waals surface area contributed by atoms with Crippen molar-refractivity contribution < 1.29 is 19.1 Å². The predicted octanol–water partition coefficient (Wildman–Crippen LogP) is 4.99. The molecular weight excluding hydrogens is 369 g/mol. The largest absolute Gasteiger partial charge is 0.503 e. The van der Waals surface area contributed by atoms with Gasteiger partial charge >= 0.3 is 0 Å². The van der Waals surface area contributed by atoms with E-state index >= 15 is 0 Å². The molecule has 1 atom stereocenters. The van der Waals surface area contributed by atoms with Crippen molar-refractivity contribution in [3.8, 4) is 0 Å². The van der Waals surface area contributed by atoms with Crippen LogP contribution in [0.1, 0.15) is 31.9 Å². The Morgan fingerprint density at radius 1 is 1.22 bits per heavy atom. The highest BCUT2D eigenvalue weighted by Crippen LogP contribution is 2.41. The van der Waals surface area contributed by atoms with Gasteiger partial charge in [0.25, 0.3) is 5.91 Å². The van der Waals surface area contributed by atoms with E-state index in [9.17, 15) is 19.1 Å². The van der Waals surface area contributed by atoms with Crippen LogP contribution in [0, 0.1) is 11.7 Å². The molecule has 0 saturated carbocycles. The molecule has 1 aliphatic heterocycles. The Bertz CT molecular complexity index is 921. The minimum atomic E-state index is -0.845. The van der Waals surface area contributed by atoms with E-state index in [0.29, 0.717) is 10.6 Å². The van der Waals surface area contributed by atoms with Crippen LogP contribution in [0.3, 0.4) is 0 Å². The third-order valence-electron chi connectivity index (χ3n) is 4.37. The lowest BCUT2D eigenvalue weighted by Crippen LogP contribution is -2.31. The van der Waals surface area contributed by atoms with Gasteiger partial charge in [-0.2, -0.15) is 0 Å². The number of amides is 1. The Hall–Kier alpha value is -2.66. The number of hydrogen-bond acceptors (Lipinski definition) is 3. The van der Waals surface area contributed by atoms with E-state index in [2.05, 4.69) is 0 Å². The number of aliphatic hydroxyl groups excluding tert-OH is 1. The highest BCUT2D eigenvalue weighted by molar-refractivity contribution is 6.30. The van der Waals surface area contributed by atoms with Gasteiger partial charge in [0, 0.05) is 17.1 Å². The smallest absolute Gasteiger partial charge is 0.294 e. The fourth-order valence-corrected chi connectivity index (χ4v) is 3.35. The quantitative estimate of drug-likeness (QED) is 0.785. The lowest BCUT2D eigenvalue weighted by molar-refractivity contribution is -0.118. The van der Waals surface area contributed by atoms with Gasteiger partial charge in [0.1, 0.15) is 5.82 Å². The lowest BCUT2D eigenvalue weighted by atomic mass is 9.92. The fraction of sp³-hybridized carbons (Fsp3) is 0.238. The van der Waals surface area contributed by atoms with E-state index < -0.39 is 23.5 Å². The predicted molar refractivity (Wildman–Crippen MR) is 102 cm³/mol. The standard InChI is InChI=1S/C21H19ClFNO3/c1-12(2)10-17(25)18-19(13-6-8-14(22)9-7-13)24(21(27)20(18)26)16-5-3-4-15(23)11-16/h3-9,11-12,19,26H,10H2,1-2H3. The van der Waals surface area contributed by atoms with Gasteiger partial charge < -0.3 is 5.11 Å². The van der Waals surface area contributed by atoms with E-state index in [-0.39, 0.29) is 29.4 Å². The summed E-state index contributed by atoms with van der Waals surface area (Å²) in [5.74, 6) is -2.09. The number of carbonyl (C=O) groups excluding carboxylic acids is 2. The van der Waals surface area contributed by atoms with Gasteiger partial charge in [-0.15, -0.1) is 0 Å². The zero-order chi connectivity index (χ0) is 19.7. The maximum atomic E-state index is 13.8. The Kier molecular flexibility index (Phi) is 5.33. The van der Waals surface area contributed by atoms with Gasteiger partial charge in [0.05, 0.1) is 11.6 Å². The van der Waals surface area contributed by atoms with Crippen molar-refractivity contribution in [1.82, 2.24) is 0 Å². The van der Waals surface area contributed by atoms with Gasteiger partial charge in [0.2, 0.25) is 0 Å². The monoisotopic (exact) mass is 387 g/mol. The van der Waals surface area contributed by atoms with Crippen molar-refractivity contribution in [1.29, 1.82) is 0 Å². The van der Waals surface area contributed by atoms with Crippen LogP contribution in [-0.4, -0.2) is 16.8 Å². The van der Waals surface area contributed by atoms with Crippen molar-refractivity contribution >= 4 is 29.0 Å². The molecule has 140 valence electrons. The number of ketones is 1. The molecule has 6 heteroatoms. The molecule has 3 rings (SSSR count). The molecule has 1 N–H and O–H groups in total. The molecule has 0 aliphatic carbocycles. The Labute approximate surface area is 161 Å². The molecular formula is C21H19ClFNO3. The van der Waals surface area contributed by atoms with Gasteiger partial charge in [0.15, 0.2) is 11.5 Å². The molecule has 0 fully saturated rings. The summed E-state index contributed by atoms with van der Waals surface area (Å²) in [7, 11) is 0. The minimum Gasteiger partial charge on any atom is -0.503 e. The average Bonchev–Trinajstić information content (AvgIpc) is 2.86. The lowest BCUT2D eigenvalue weighted by Gasteiger charge is -2.27. The summed E-state index contributed by atoms with van der Waals surface area (Å²) >= 11 is 5.96. The Balaban J connectivity index is 2.15. The van der Waals surface area contributed by atoms with E-state index in [0.717, 1.165) is 0 Å². The van der Waals surface area contributed by atoms with Crippen LogP contribution < -0.4 is 4.90 Å². The normalized spacial score (nSPS) is 17.1. The number of aliphatic hydroxyl groups is 1. The SMILES string of the molecule is CC(C)CC(=O)C1=C(O)C(=O)N(c2cccc(F)c2)C1c1ccc(Cl)cc1. The number of benzene rings is 2. The second kappa shape index (κ2) is 7.53. The van der Waals surface area contributed by atoms with Crippen molar-refractivity contribution in [3.63, 3.8) is 0 Å². The van der Waals surface area contributed by atoms with Crippen LogP contribution in [-0.2, 0) is 9.59 Å². The maximum absolute atomic E-state index is 13.8. The number of Topliss-reactive ketones (excluding diaryl/α,β-unsaturated/α-hetero) is 1. The van der Waals surface area contributed by atoms with Crippen molar-refractivity contribution in [2.24, 2.45) is 5.92 Å². The zero-order valence-corrected chi connectivity index (χ0v) is 15.7. The molecule has 2 aromatic rings. The van der Waals surface area contributed by atoms with Gasteiger partial charge in [-0.25, -0.2) is 4.39 Å². The number of rotatable bonds is 5. The average molecular weight is 388 g/mol. The molecule has 0 spiro atoms. The first kappa shape index (κ1) is 19.1. The van der Waals surface area contributed by atoms with Crippen LogP contribution in [0.15, 0.2) is 59.9 Å². The summed E-state index contributed by atoms with van der Waals surface area (Å²) < 4.78 is 13.8. The van der Waals surface area contributed by atoms with E-state index in [1.165, 1.54) is 23.1 Å². The molecule has 0 aromatic heterocycles. The summed E-state index contributed by atoms with van der Waals surface area (Å²) in [5.41, 5.74) is 0.896. The van der Waals surface area contributed by atoms with E-state index in [1.807, 2.05) is 13.8 Å². The molecule has 1 heterocycles. The minimum absolute atomic E-state index is 0.0280. The van der Waals surface area contributed by atoms with Gasteiger partial charge in [-0.3, -0.25) is 14.5 Å². The van der Waals surface area contributed by atoms with E-state index in [1.54, 1.807) is 30.3 Å². The highest BCUT2D eigenvalue weighted by Gasteiger charge is 2.44. The van der Waals surface area contributed by atoms with Crippen LogP contribution in [0.2, 0.25) is 5.02 Å². The first-order valence-electron chi connectivity index (χ1n) is 8.60. The van der Waals surface area contributed by atoms with Gasteiger partial charge in [-0.05, 0) is 41.8 Å². The number of halogens is 2. The zero-order valence-electron chi connectivity index (χ0n) is 14.9. The number of nitrogens with zero attached hydrogens (tertiary/aromatic N) is 1. The van der Waals surface area contributed by atoms with Gasteiger partial charge in [-0.1, -0.05) is 43.6 Å². The molecule has 0 bridgehead atoms. The number of anilines is 1. The van der Waals surface area contributed by atoms with Crippen molar-refractivity contribution in [2.45, 2.75) is 26.3 Å². The molecule has 27 heavy (non-hydrogen) atoms. The van der Waals surface area contributed by atoms with Crippen LogP contribution in [0.25, 0.3) is 0 Å². The number of hydrogen-bond donors (Lipinski definition) is 1. The van der Waals surface area contributed by atoms with Crippen LogP contribution in [0.5, 0.6) is 0 Å². The van der Waals surface area contributed by atoms with Crippen LogP contribution >= 0.6 is 11.6 Å². The molecule has 0 radical (unpaired) electrons. The van der Waals surface area contributed by atoms with Crippen LogP contribution in [0.4, 0.5) is 10.1 Å². The first-order chi connectivity index (χ1) is 12.8. The topological polar surface area (TPSA) is 57.6 Å². The summed E-state index contributed by atoms with van der Waals surface area (Å²) in [4.78, 5) is 26.8. The molecule has 1 aliphatic rings. The molecule has 1 amide bonds. The highest BCUT2D eigenvalue weighted by atomic mass is 35.5. The third-order valence-corrected chi connectivity index (χ3v) is 4.63. The second-order valence-corrected chi connectivity index (χ2v) is 7.33. The molecule has 0 saturated heterocycles. The fourth-order valence-electron chi connectivity index (χ4n) is 3.22. The summed E-state index contributed by atoms with van der Waals surface area (Å²) in [6, 6.07) is 11.3. The molecule has 2 aromatic carbocycles.